The van der Waals surface area contributed by atoms with Crippen LogP contribution in [0.15, 0.2) is 84.0 Å². The molecule has 0 radical (unpaired) electrons. The molecule has 0 bridgehead atoms. The van der Waals surface area contributed by atoms with Crippen molar-refractivity contribution < 1.29 is 8.42 Å². The predicted molar refractivity (Wildman–Crippen MR) is 121 cm³/mol. The van der Waals surface area contributed by atoms with Crippen LogP contribution in [0.3, 0.4) is 0 Å². The van der Waals surface area contributed by atoms with Crippen LogP contribution in [-0.2, 0) is 23.0 Å². The van der Waals surface area contributed by atoms with E-state index in [9.17, 15) is 8.42 Å². The summed E-state index contributed by atoms with van der Waals surface area (Å²) in [6.07, 6.45) is 4.18. The van der Waals surface area contributed by atoms with Gasteiger partial charge in [0, 0.05) is 6.20 Å². The summed E-state index contributed by atoms with van der Waals surface area (Å²) in [5, 5.41) is 6.67. The number of nitrogens with one attached hydrogen (secondary N) is 1. The number of anilines is 1. The molecule has 0 fully saturated rings. The number of sulfonamides is 1. The van der Waals surface area contributed by atoms with E-state index in [4.69, 9.17) is 0 Å². The van der Waals surface area contributed by atoms with Crippen LogP contribution in [0.4, 0.5) is 5.69 Å². The molecule has 0 amide bonds. The van der Waals surface area contributed by atoms with Crippen molar-refractivity contribution in [3.05, 3.63) is 90.3 Å². The first-order valence-electron chi connectivity index (χ1n) is 10.0. The molecule has 1 N–H and O–H groups in total. The summed E-state index contributed by atoms with van der Waals surface area (Å²) in [6.45, 7) is 4.84. The van der Waals surface area contributed by atoms with E-state index < -0.39 is 10.0 Å². The smallest absolute Gasteiger partial charge is 0.261 e. The van der Waals surface area contributed by atoms with Crippen LogP contribution in [0.2, 0.25) is 0 Å². The summed E-state index contributed by atoms with van der Waals surface area (Å²) >= 11 is 0. The summed E-state index contributed by atoms with van der Waals surface area (Å²) in [7, 11) is -3.66. The highest BCUT2D eigenvalue weighted by Gasteiger charge is 2.15. The lowest BCUT2D eigenvalue weighted by atomic mass is 10.0. The van der Waals surface area contributed by atoms with Gasteiger partial charge in [-0.15, -0.1) is 0 Å². The third-order valence-electron chi connectivity index (χ3n) is 4.98. The zero-order valence-corrected chi connectivity index (χ0v) is 17.9. The molecule has 6 heteroatoms. The molecular formula is C24H25N3O2S. The Bertz CT molecular complexity index is 1250. The monoisotopic (exact) mass is 419 g/mol. The van der Waals surface area contributed by atoms with Gasteiger partial charge in [0.2, 0.25) is 0 Å². The topological polar surface area (TPSA) is 64.0 Å². The van der Waals surface area contributed by atoms with Crippen LogP contribution in [0.25, 0.3) is 10.8 Å². The van der Waals surface area contributed by atoms with Crippen LogP contribution >= 0.6 is 0 Å². The molecule has 4 aromatic rings. The molecule has 0 aliphatic rings. The van der Waals surface area contributed by atoms with E-state index in [2.05, 4.69) is 47.9 Å². The maximum absolute atomic E-state index is 12.7. The average molecular weight is 420 g/mol. The number of hydrogen-bond acceptors (Lipinski definition) is 3. The second kappa shape index (κ2) is 8.32. The molecule has 5 nitrogen and oxygen atoms in total. The lowest BCUT2D eigenvalue weighted by Crippen LogP contribution is -2.12. The van der Waals surface area contributed by atoms with Gasteiger partial charge in [0.1, 0.15) is 0 Å². The quantitative estimate of drug-likeness (QED) is 0.454. The van der Waals surface area contributed by atoms with E-state index in [0.717, 1.165) is 17.5 Å². The van der Waals surface area contributed by atoms with Gasteiger partial charge in [-0.2, -0.15) is 5.10 Å². The minimum Gasteiger partial charge on any atom is -0.276 e. The predicted octanol–water partition coefficient (Wildman–Crippen LogP) is 5.08. The highest BCUT2D eigenvalue weighted by atomic mass is 32.2. The SMILES string of the molecule is CC(C)Cc1ccc(S(=O)(=O)Nc2cnn(Cc3cccc4ccccc34)c2)cc1. The average Bonchev–Trinajstić information content (AvgIpc) is 3.14. The molecule has 0 atom stereocenters. The molecule has 3 aromatic carbocycles. The summed E-state index contributed by atoms with van der Waals surface area (Å²) in [4.78, 5) is 0.247. The van der Waals surface area contributed by atoms with Crippen molar-refractivity contribution in [3.63, 3.8) is 0 Å². The van der Waals surface area contributed by atoms with Crippen molar-refractivity contribution >= 4 is 26.5 Å². The molecule has 1 aromatic heterocycles. The van der Waals surface area contributed by atoms with Crippen molar-refractivity contribution in [2.75, 3.05) is 4.72 Å². The maximum Gasteiger partial charge on any atom is 0.261 e. The fraction of sp³-hybridized carbons (Fsp3) is 0.208. The summed E-state index contributed by atoms with van der Waals surface area (Å²) in [6, 6.07) is 21.4. The molecule has 0 aliphatic heterocycles. The number of fused-ring (bicyclic) bond motifs is 1. The molecule has 0 spiro atoms. The summed E-state index contributed by atoms with van der Waals surface area (Å²) < 4.78 is 29.8. The first-order chi connectivity index (χ1) is 14.4. The van der Waals surface area contributed by atoms with E-state index in [1.807, 2.05) is 30.3 Å². The summed E-state index contributed by atoms with van der Waals surface area (Å²) in [5.41, 5.74) is 2.71. The Kier molecular flexibility index (Phi) is 5.59. The van der Waals surface area contributed by atoms with Crippen LogP contribution < -0.4 is 4.72 Å². The maximum atomic E-state index is 12.7. The molecule has 4 rings (SSSR count). The second-order valence-corrected chi connectivity index (χ2v) is 9.59. The van der Waals surface area contributed by atoms with Gasteiger partial charge in [-0.05, 0) is 46.4 Å². The highest BCUT2D eigenvalue weighted by molar-refractivity contribution is 7.92. The zero-order chi connectivity index (χ0) is 21.1. The van der Waals surface area contributed by atoms with Gasteiger partial charge in [-0.25, -0.2) is 8.42 Å². The van der Waals surface area contributed by atoms with E-state index in [1.54, 1.807) is 23.0 Å². The Morgan fingerprint density at radius 1 is 0.967 bits per heavy atom. The molecular weight excluding hydrogens is 394 g/mol. The minimum atomic E-state index is -3.66. The lowest BCUT2D eigenvalue weighted by Gasteiger charge is -2.09. The van der Waals surface area contributed by atoms with Gasteiger partial charge < -0.3 is 0 Å². The Balaban J connectivity index is 1.50. The lowest BCUT2D eigenvalue weighted by molar-refractivity contribution is 0.601. The fourth-order valence-corrected chi connectivity index (χ4v) is 4.63. The molecule has 0 aliphatic carbocycles. The number of rotatable bonds is 7. The molecule has 0 unspecified atom stereocenters. The standard InChI is InChI=1S/C24H25N3O2S/c1-18(2)14-19-10-12-23(13-11-19)30(28,29)26-22-15-25-27(17-22)16-21-8-5-7-20-6-3-4-9-24(20)21/h3-13,15,17-18,26H,14,16H2,1-2H3. The van der Waals surface area contributed by atoms with Crippen LogP contribution in [0, 0.1) is 5.92 Å². The van der Waals surface area contributed by atoms with E-state index in [-0.39, 0.29) is 4.90 Å². The number of nitrogens with zero attached hydrogens (tertiary/aromatic N) is 2. The van der Waals surface area contributed by atoms with Crippen LogP contribution in [0.5, 0.6) is 0 Å². The summed E-state index contributed by atoms with van der Waals surface area (Å²) in [5.74, 6) is 0.526. The van der Waals surface area contributed by atoms with Crippen molar-refractivity contribution in [2.45, 2.75) is 31.7 Å². The normalized spacial score (nSPS) is 11.8. The highest BCUT2D eigenvalue weighted by Crippen LogP contribution is 2.21. The van der Waals surface area contributed by atoms with Crippen molar-refractivity contribution in [1.82, 2.24) is 9.78 Å². The molecule has 1 heterocycles. The van der Waals surface area contributed by atoms with Crippen LogP contribution in [-0.4, -0.2) is 18.2 Å². The Morgan fingerprint density at radius 3 is 2.47 bits per heavy atom. The number of aromatic nitrogens is 2. The van der Waals surface area contributed by atoms with Gasteiger partial charge >= 0.3 is 0 Å². The zero-order valence-electron chi connectivity index (χ0n) is 17.1. The molecule has 0 saturated carbocycles. The van der Waals surface area contributed by atoms with Gasteiger partial charge in [0.05, 0.1) is 23.3 Å². The molecule has 30 heavy (non-hydrogen) atoms. The van der Waals surface area contributed by atoms with Gasteiger partial charge in [-0.1, -0.05) is 68.4 Å². The largest absolute Gasteiger partial charge is 0.276 e. The third-order valence-corrected chi connectivity index (χ3v) is 6.37. The van der Waals surface area contributed by atoms with Crippen LogP contribution in [0.1, 0.15) is 25.0 Å². The first-order valence-corrected chi connectivity index (χ1v) is 11.5. The number of benzene rings is 3. The molecule has 0 saturated heterocycles. The third kappa shape index (κ3) is 4.54. The van der Waals surface area contributed by atoms with E-state index >= 15 is 0 Å². The molecule has 154 valence electrons. The van der Waals surface area contributed by atoms with Crippen molar-refractivity contribution in [3.8, 4) is 0 Å². The van der Waals surface area contributed by atoms with Gasteiger partial charge in [0.15, 0.2) is 0 Å². The van der Waals surface area contributed by atoms with E-state index in [1.165, 1.54) is 17.0 Å². The van der Waals surface area contributed by atoms with Crippen molar-refractivity contribution in [2.24, 2.45) is 5.92 Å². The minimum absolute atomic E-state index is 0.247. The van der Waals surface area contributed by atoms with Gasteiger partial charge in [-0.3, -0.25) is 9.40 Å². The Morgan fingerprint density at radius 2 is 1.70 bits per heavy atom. The van der Waals surface area contributed by atoms with E-state index in [0.29, 0.717) is 18.2 Å². The van der Waals surface area contributed by atoms with Gasteiger partial charge in [0.25, 0.3) is 10.0 Å². The second-order valence-electron chi connectivity index (χ2n) is 7.91. The first kappa shape index (κ1) is 20.2. The Labute approximate surface area is 177 Å². The number of hydrogen-bond donors (Lipinski definition) is 1. The fourth-order valence-electron chi connectivity index (χ4n) is 3.60. The Hall–Kier alpha value is -3.12. The van der Waals surface area contributed by atoms with Crippen molar-refractivity contribution in [1.29, 1.82) is 0 Å².